The Labute approximate surface area is 177 Å². The van der Waals surface area contributed by atoms with Gasteiger partial charge in [-0.1, -0.05) is 0 Å². The van der Waals surface area contributed by atoms with Gasteiger partial charge in [0.1, 0.15) is 22.5 Å². The van der Waals surface area contributed by atoms with E-state index in [4.69, 9.17) is 9.97 Å². The molecule has 10 heteroatoms. The third kappa shape index (κ3) is 2.92. The number of H-pyrrole nitrogens is 2. The van der Waals surface area contributed by atoms with Crippen LogP contribution < -0.4 is 0 Å². The predicted molar refractivity (Wildman–Crippen MR) is 115 cm³/mol. The number of rotatable bonds is 3. The summed E-state index contributed by atoms with van der Waals surface area (Å²) in [4.78, 5) is 21.8. The highest BCUT2D eigenvalue weighted by atomic mass is 32.1. The number of halogens is 1. The molecule has 0 unspecified atom stereocenters. The molecule has 150 valence electrons. The number of hydrogen-bond donors (Lipinski definition) is 3. The molecule has 31 heavy (non-hydrogen) atoms. The molecular weight excluding hydrogens is 417 g/mol. The van der Waals surface area contributed by atoms with Gasteiger partial charge in [0.25, 0.3) is 0 Å². The molecule has 6 aromatic rings. The second-order valence-electron chi connectivity index (χ2n) is 6.84. The molecule has 0 saturated carbocycles. The first kappa shape index (κ1) is 17.7. The van der Waals surface area contributed by atoms with Gasteiger partial charge in [0.2, 0.25) is 0 Å². The number of hydrogen-bond acceptors (Lipinski definition) is 7. The Kier molecular flexibility index (Phi) is 3.80. The third-order valence-corrected chi connectivity index (χ3v) is 5.74. The van der Waals surface area contributed by atoms with E-state index in [-0.39, 0.29) is 10.9 Å². The van der Waals surface area contributed by atoms with Crippen LogP contribution in [0.3, 0.4) is 0 Å². The van der Waals surface area contributed by atoms with Gasteiger partial charge in [-0.05, 0) is 36.4 Å². The molecule has 6 heterocycles. The minimum atomic E-state index is -0.277. The Hall–Kier alpha value is -4.18. The molecule has 0 bridgehead atoms. The maximum absolute atomic E-state index is 13.5. The molecule has 0 saturated heterocycles. The monoisotopic (exact) mass is 429 g/mol. The molecule has 8 nitrogen and oxygen atoms in total. The molecule has 0 fully saturated rings. The van der Waals surface area contributed by atoms with Crippen LogP contribution >= 0.6 is 11.3 Å². The summed E-state index contributed by atoms with van der Waals surface area (Å²) in [5, 5.41) is 16.8. The van der Waals surface area contributed by atoms with Crippen molar-refractivity contribution in [3.05, 3.63) is 60.1 Å². The van der Waals surface area contributed by atoms with E-state index in [0.29, 0.717) is 44.4 Å². The van der Waals surface area contributed by atoms with Crippen molar-refractivity contribution in [1.82, 2.24) is 35.1 Å². The first-order chi connectivity index (χ1) is 15.2. The van der Waals surface area contributed by atoms with Crippen molar-refractivity contribution in [1.29, 1.82) is 0 Å². The normalized spacial score (nSPS) is 11.5. The van der Waals surface area contributed by atoms with E-state index < -0.39 is 0 Å². The minimum absolute atomic E-state index is 0.0640. The first-order valence-corrected chi connectivity index (χ1v) is 10.1. The molecule has 0 aliphatic rings. The highest BCUT2D eigenvalue weighted by Crippen LogP contribution is 2.33. The average molecular weight is 429 g/mol. The zero-order valence-electron chi connectivity index (χ0n) is 15.7. The van der Waals surface area contributed by atoms with Gasteiger partial charge in [-0.15, -0.1) is 11.3 Å². The van der Waals surface area contributed by atoms with Crippen molar-refractivity contribution in [3.63, 3.8) is 0 Å². The Morgan fingerprint density at radius 3 is 2.68 bits per heavy atom. The third-order valence-electron chi connectivity index (χ3n) is 4.86. The number of aromatic amines is 2. The van der Waals surface area contributed by atoms with Gasteiger partial charge >= 0.3 is 0 Å². The SMILES string of the molecule is Oc1cncc(-c2ccc3[nH]nc(-c4nc5c(-c6ccc(F)s6)nccc5[nH]4)c3n2)c1. The lowest BCUT2D eigenvalue weighted by atomic mass is 10.1. The molecule has 6 rings (SSSR count). The highest BCUT2D eigenvalue weighted by molar-refractivity contribution is 7.13. The summed E-state index contributed by atoms with van der Waals surface area (Å²) in [5.41, 5.74) is 5.23. The van der Waals surface area contributed by atoms with Crippen molar-refractivity contribution < 1.29 is 9.50 Å². The van der Waals surface area contributed by atoms with Crippen molar-refractivity contribution in [2.24, 2.45) is 0 Å². The van der Waals surface area contributed by atoms with E-state index in [1.807, 2.05) is 18.2 Å². The Morgan fingerprint density at radius 1 is 0.935 bits per heavy atom. The van der Waals surface area contributed by atoms with E-state index in [2.05, 4.69) is 25.1 Å². The lowest BCUT2D eigenvalue weighted by molar-refractivity contribution is 0.473. The van der Waals surface area contributed by atoms with Crippen molar-refractivity contribution in [2.45, 2.75) is 0 Å². The maximum atomic E-state index is 13.5. The maximum Gasteiger partial charge on any atom is 0.177 e. The number of imidazole rings is 1. The van der Waals surface area contributed by atoms with E-state index in [1.165, 1.54) is 12.3 Å². The summed E-state index contributed by atoms with van der Waals surface area (Å²) >= 11 is 1.02. The molecule has 0 aromatic carbocycles. The minimum Gasteiger partial charge on any atom is -0.506 e. The quantitative estimate of drug-likeness (QED) is 0.381. The molecule has 3 N–H and O–H groups in total. The Morgan fingerprint density at radius 2 is 1.84 bits per heavy atom. The van der Waals surface area contributed by atoms with Crippen molar-refractivity contribution >= 4 is 33.4 Å². The van der Waals surface area contributed by atoms with Crippen molar-refractivity contribution in [2.75, 3.05) is 0 Å². The lowest BCUT2D eigenvalue weighted by Gasteiger charge is -2.01. The first-order valence-electron chi connectivity index (χ1n) is 9.26. The van der Waals surface area contributed by atoms with Gasteiger partial charge in [0.15, 0.2) is 16.6 Å². The number of nitrogens with zero attached hydrogens (tertiary/aromatic N) is 5. The fourth-order valence-corrected chi connectivity index (χ4v) is 4.19. The van der Waals surface area contributed by atoms with Crippen LogP contribution in [0.1, 0.15) is 0 Å². The number of thiophene rings is 1. The van der Waals surface area contributed by atoms with E-state index in [9.17, 15) is 9.50 Å². The van der Waals surface area contributed by atoms with Crippen LogP contribution in [0.5, 0.6) is 5.75 Å². The second-order valence-corrected chi connectivity index (χ2v) is 7.88. The van der Waals surface area contributed by atoms with E-state index >= 15 is 0 Å². The smallest absolute Gasteiger partial charge is 0.177 e. The van der Waals surface area contributed by atoms with Gasteiger partial charge in [-0.3, -0.25) is 15.1 Å². The van der Waals surface area contributed by atoms with Gasteiger partial charge < -0.3 is 10.1 Å². The second kappa shape index (κ2) is 6.67. The van der Waals surface area contributed by atoms with Gasteiger partial charge in [0.05, 0.1) is 27.8 Å². The fourth-order valence-electron chi connectivity index (χ4n) is 3.46. The van der Waals surface area contributed by atoms with Crippen molar-refractivity contribution in [3.8, 4) is 39.1 Å². The molecule has 0 atom stereocenters. The summed E-state index contributed by atoms with van der Waals surface area (Å²) in [6.45, 7) is 0. The van der Waals surface area contributed by atoms with Gasteiger partial charge in [-0.25, -0.2) is 9.97 Å². The van der Waals surface area contributed by atoms with Crippen LogP contribution in [0.15, 0.2) is 55.0 Å². The number of aromatic nitrogens is 7. The Bertz CT molecular complexity index is 1590. The van der Waals surface area contributed by atoms with E-state index in [1.54, 1.807) is 24.5 Å². The molecule has 0 radical (unpaired) electrons. The van der Waals surface area contributed by atoms with Gasteiger partial charge in [0, 0.05) is 18.0 Å². The largest absolute Gasteiger partial charge is 0.506 e. The Balaban J connectivity index is 1.51. The molecular formula is C21H12FN7OS. The number of nitrogens with one attached hydrogen (secondary N) is 2. The van der Waals surface area contributed by atoms with Crippen LogP contribution in [0.25, 0.3) is 55.4 Å². The van der Waals surface area contributed by atoms with Crippen LogP contribution in [-0.2, 0) is 0 Å². The zero-order chi connectivity index (χ0) is 20.9. The number of fused-ring (bicyclic) bond motifs is 2. The molecule has 6 aromatic heterocycles. The summed E-state index contributed by atoms with van der Waals surface area (Å²) in [7, 11) is 0. The average Bonchev–Trinajstić information content (AvgIpc) is 3.50. The van der Waals surface area contributed by atoms with Crippen LogP contribution in [0.4, 0.5) is 4.39 Å². The predicted octanol–water partition coefficient (Wildman–Crippen LogP) is 4.53. The lowest BCUT2D eigenvalue weighted by Crippen LogP contribution is -1.87. The summed E-state index contributed by atoms with van der Waals surface area (Å²) < 4.78 is 13.5. The summed E-state index contributed by atoms with van der Waals surface area (Å²) in [6.07, 6.45) is 4.66. The number of pyridine rings is 3. The standard InChI is InChI=1S/C21H12FN7OS/c22-16-4-3-15(31-16)19-17-13(5-6-24-19)26-21(27-17)20-18-14(28-29-20)2-1-12(25-18)10-7-11(30)9-23-8-10/h1-9,30H,(H,26,27)(H,28,29). The highest BCUT2D eigenvalue weighted by Gasteiger charge is 2.18. The summed E-state index contributed by atoms with van der Waals surface area (Å²) in [6, 6.07) is 10.2. The van der Waals surface area contributed by atoms with E-state index in [0.717, 1.165) is 22.4 Å². The van der Waals surface area contributed by atoms with Crippen LogP contribution in [-0.4, -0.2) is 40.2 Å². The molecule has 0 amide bonds. The van der Waals surface area contributed by atoms with Gasteiger partial charge in [-0.2, -0.15) is 9.49 Å². The number of aromatic hydroxyl groups is 1. The fraction of sp³-hybridized carbons (Fsp3) is 0. The zero-order valence-corrected chi connectivity index (χ0v) is 16.5. The molecule has 0 aliphatic carbocycles. The molecule has 0 aliphatic heterocycles. The van der Waals surface area contributed by atoms with Crippen LogP contribution in [0, 0.1) is 5.13 Å². The molecule has 0 spiro atoms. The van der Waals surface area contributed by atoms with Crippen LogP contribution in [0.2, 0.25) is 0 Å². The summed E-state index contributed by atoms with van der Waals surface area (Å²) in [5.74, 6) is 0.584. The topological polar surface area (TPSA) is 116 Å².